The summed E-state index contributed by atoms with van der Waals surface area (Å²) in [6, 6.07) is 10.4. The summed E-state index contributed by atoms with van der Waals surface area (Å²) in [6.45, 7) is 6.61. The van der Waals surface area contributed by atoms with E-state index in [1.807, 2.05) is 6.07 Å². The van der Waals surface area contributed by atoms with Crippen molar-refractivity contribution in [3.8, 4) is 0 Å². The maximum atomic E-state index is 11.5. The first-order valence-corrected chi connectivity index (χ1v) is 7.34. The van der Waals surface area contributed by atoms with Gasteiger partial charge >= 0.3 is 5.97 Å². The molecule has 108 valence electrons. The molecule has 0 radical (unpaired) electrons. The summed E-state index contributed by atoms with van der Waals surface area (Å²) in [5.74, 6) is 0.131. The van der Waals surface area contributed by atoms with Gasteiger partial charge in [-0.1, -0.05) is 51.1 Å². The number of carbonyl (C=O) groups is 1. The fourth-order valence-electron chi connectivity index (χ4n) is 3.58. The van der Waals surface area contributed by atoms with E-state index in [-0.39, 0.29) is 35.6 Å². The molecular formula is C17H22O3. The van der Waals surface area contributed by atoms with Crippen LogP contribution in [0.1, 0.15) is 32.8 Å². The molecule has 0 bridgehead atoms. The van der Waals surface area contributed by atoms with Gasteiger partial charge in [0.2, 0.25) is 0 Å². The first-order valence-electron chi connectivity index (χ1n) is 7.34. The Balaban J connectivity index is 1.82. The monoisotopic (exact) mass is 274 g/mol. The summed E-state index contributed by atoms with van der Waals surface area (Å²) in [7, 11) is 0. The molecule has 0 aromatic heterocycles. The lowest BCUT2D eigenvalue weighted by Gasteiger charge is -2.33. The lowest BCUT2D eigenvalue weighted by atomic mass is 9.73. The zero-order chi connectivity index (χ0) is 14.3. The second-order valence-electron chi connectivity index (χ2n) is 6.95. The Morgan fingerprint density at radius 2 is 1.90 bits per heavy atom. The molecule has 20 heavy (non-hydrogen) atoms. The SMILES string of the molecule is CC(C)(C)[C@@H]1C(Cc2ccccc2)O[C@@H]2CC(=O)O[C@H]12. The summed E-state index contributed by atoms with van der Waals surface area (Å²) in [4.78, 5) is 11.5. The summed E-state index contributed by atoms with van der Waals surface area (Å²) in [6.07, 6.45) is 1.28. The average Bonchev–Trinajstić information content (AvgIpc) is 2.84. The molecule has 2 heterocycles. The molecule has 3 rings (SSSR count). The molecule has 0 saturated carbocycles. The first kappa shape index (κ1) is 13.6. The van der Waals surface area contributed by atoms with Crippen LogP contribution in [0.25, 0.3) is 0 Å². The maximum absolute atomic E-state index is 11.5. The molecule has 2 fully saturated rings. The van der Waals surface area contributed by atoms with Gasteiger partial charge in [-0.3, -0.25) is 4.79 Å². The largest absolute Gasteiger partial charge is 0.459 e. The van der Waals surface area contributed by atoms with Crippen molar-refractivity contribution in [2.24, 2.45) is 11.3 Å². The molecule has 0 aliphatic carbocycles. The molecule has 3 nitrogen and oxygen atoms in total. The Kier molecular flexibility index (Phi) is 3.33. The Morgan fingerprint density at radius 1 is 1.20 bits per heavy atom. The molecule has 2 aliphatic rings. The third-order valence-corrected chi connectivity index (χ3v) is 4.39. The standard InChI is InChI=1S/C17H22O3/c1-17(2,3)15-12(9-11-7-5-4-6-8-11)19-13-10-14(18)20-16(13)15/h4-8,12-13,15-16H,9-10H2,1-3H3/t12?,13-,15-,16+/m1/s1. The van der Waals surface area contributed by atoms with Crippen LogP contribution in [0.3, 0.4) is 0 Å². The molecular weight excluding hydrogens is 252 g/mol. The average molecular weight is 274 g/mol. The van der Waals surface area contributed by atoms with Gasteiger partial charge in [0.25, 0.3) is 0 Å². The summed E-state index contributed by atoms with van der Waals surface area (Å²) in [5.41, 5.74) is 1.33. The van der Waals surface area contributed by atoms with Crippen LogP contribution in [0.2, 0.25) is 0 Å². The van der Waals surface area contributed by atoms with Gasteiger partial charge < -0.3 is 9.47 Å². The number of carbonyl (C=O) groups excluding carboxylic acids is 1. The van der Waals surface area contributed by atoms with Crippen LogP contribution in [0.15, 0.2) is 30.3 Å². The minimum absolute atomic E-state index is 0.0552. The molecule has 0 amide bonds. The first-order chi connectivity index (χ1) is 9.45. The van der Waals surface area contributed by atoms with Crippen LogP contribution in [0, 0.1) is 11.3 Å². The highest BCUT2D eigenvalue weighted by molar-refractivity contribution is 5.72. The molecule has 0 spiro atoms. The Hall–Kier alpha value is -1.35. The van der Waals surface area contributed by atoms with Crippen LogP contribution in [-0.2, 0) is 20.7 Å². The van der Waals surface area contributed by atoms with Crippen LogP contribution < -0.4 is 0 Å². The van der Waals surface area contributed by atoms with Crippen LogP contribution in [0.4, 0.5) is 0 Å². The fraction of sp³-hybridized carbons (Fsp3) is 0.588. The van der Waals surface area contributed by atoms with Gasteiger partial charge in [-0.2, -0.15) is 0 Å². The molecule has 1 unspecified atom stereocenters. The Morgan fingerprint density at radius 3 is 2.55 bits per heavy atom. The van der Waals surface area contributed by atoms with Crippen molar-refractivity contribution in [1.82, 2.24) is 0 Å². The zero-order valence-electron chi connectivity index (χ0n) is 12.3. The third kappa shape index (κ3) is 2.47. The smallest absolute Gasteiger partial charge is 0.308 e. The second kappa shape index (κ2) is 4.88. The fourth-order valence-corrected chi connectivity index (χ4v) is 3.58. The van der Waals surface area contributed by atoms with E-state index in [2.05, 4.69) is 45.0 Å². The van der Waals surface area contributed by atoms with Gasteiger partial charge in [0.15, 0.2) is 0 Å². The van der Waals surface area contributed by atoms with Crippen molar-refractivity contribution in [1.29, 1.82) is 0 Å². The predicted octanol–water partition coefficient (Wildman–Crippen LogP) is 2.97. The van der Waals surface area contributed by atoms with Crippen molar-refractivity contribution in [3.05, 3.63) is 35.9 Å². The van der Waals surface area contributed by atoms with Gasteiger partial charge in [0.05, 0.1) is 12.5 Å². The van der Waals surface area contributed by atoms with Crippen LogP contribution >= 0.6 is 0 Å². The van der Waals surface area contributed by atoms with E-state index in [0.29, 0.717) is 6.42 Å². The normalized spacial score (nSPS) is 33.0. The van der Waals surface area contributed by atoms with Gasteiger partial charge in [-0.15, -0.1) is 0 Å². The number of hydrogen-bond acceptors (Lipinski definition) is 3. The van der Waals surface area contributed by atoms with E-state index in [1.165, 1.54) is 5.56 Å². The van der Waals surface area contributed by atoms with E-state index in [0.717, 1.165) is 6.42 Å². The zero-order valence-corrected chi connectivity index (χ0v) is 12.3. The van der Waals surface area contributed by atoms with E-state index >= 15 is 0 Å². The summed E-state index contributed by atoms with van der Waals surface area (Å²) < 4.78 is 11.7. The minimum atomic E-state index is -0.118. The quantitative estimate of drug-likeness (QED) is 0.778. The maximum Gasteiger partial charge on any atom is 0.308 e. The molecule has 2 saturated heterocycles. The molecule has 3 heteroatoms. The lowest BCUT2D eigenvalue weighted by Crippen LogP contribution is -2.38. The van der Waals surface area contributed by atoms with Gasteiger partial charge in [0, 0.05) is 5.92 Å². The number of esters is 1. The minimum Gasteiger partial charge on any atom is -0.459 e. The van der Waals surface area contributed by atoms with Crippen molar-refractivity contribution < 1.29 is 14.3 Å². The van der Waals surface area contributed by atoms with Crippen molar-refractivity contribution in [2.75, 3.05) is 0 Å². The molecule has 1 aromatic carbocycles. The number of hydrogen-bond donors (Lipinski definition) is 0. The van der Waals surface area contributed by atoms with E-state index in [1.54, 1.807) is 0 Å². The third-order valence-electron chi connectivity index (χ3n) is 4.39. The predicted molar refractivity (Wildman–Crippen MR) is 76.2 cm³/mol. The van der Waals surface area contributed by atoms with Crippen molar-refractivity contribution >= 4 is 5.97 Å². The van der Waals surface area contributed by atoms with Crippen molar-refractivity contribution in [2.45, 2.75) is 51.9 Å². The number of ether oxygens (including phenoxy) is 2. The molecule has 0 N–H and O–H groups in total. The van der Waals surface area contributed by atoms with E-state index in [9.17, 15) is 4.79 Å². The topological polar surface area (TPSA) is 35.5 Å². The van der Waals surface area contributed by atoms with Crippen molar-refractivity contribution in [3.63, 3.8) is 0 Å². The number of fused-ring (bicyclic) bond motifs is 1. The highest BCUT2D eigenvalue weighted by Gasteiger charge is 2.55. The summed E-state index contributed by atoms with van der Waals surface area (Å²) in [5, 5.41) is 0. The van der Waals surface area contributed by atoms with E-state index in [4.69, 9.17) is 9.47 Å². The number of benzene rings is 1. The lowest BCUT2D eigenvalue weighted by molar-refractivity contribution is -0.144. The van der Waals surface area contributed by atoms with E-state index < -0.39 is 0 Å². The summed E-state index contributed by atoms with van der Waals surface area (Å²) >= 11 is 0. The second-order valence-corrected chi connectivity index (χ2v) is 6.95. The molecule has 2 aliphatic heterocycles. The van der Waals surface area contributed by atoms with Gasteiger partial charge in [0.1, 0.15) is 12.2 Å². The molecule has 1 aromatic rings. The Labute approximate surface area is 120 Å². The highest BCUT2D eigenvalue weighted by Crippen LogP contribution is 2.45. The highest BCUT2D eigenvalue weighted by atomic mass is 16.6. The van der Waals surface area contributed by atoms with Gasteiger partial charge in [-0.05, 0) is 17.4 Å². The number of rotatable bonds is 2. The molecule has 4 atom stereocenters. The Bertz CT molecular complexity index is 489. The van der Waals surface area contributed by atoms with Crippen LogP contribution in [-0.4, -0.2) is 24.3 Å². The van der Waals surface area contributed by atoms with Crippen LogP contribution in [0.5, 0.6) is 0 Å². The van der Waals surface area contributed by atoms with Gasteiger partial charge in [-0.25, -0.2) is 0 Å².